The molecule has 1 unspecified atom stereocenters. The quantitative estimate of drug-likeness (QED) is 0.134. The number of nitrogens with one attached hydrogen (secondary N) is 3. The van der Waals surface area contributed by atoms with Crippen molar-refractivity contribution in [1.82, 2.24) is 20.5 Å². The smallest absolute Gasteiger partial charge is 0.335 e. The molecule has 4 rings (SSSR count). The van der Waals surface area contributed by atoms with Crippen LogP contribution in [0.4, 0.5) is 17.6 Å². The average molecular weight is 681 g/mol. The Morgan fingerprint density at radius 3 is 2.30 bits per heavy atom. The lowest BCUT2D eigenvalue weighted by Crippen LogP contribution is -2.54. The van der Waals surface area contributed by atoms with E-state index in [1.165, 1.54) is 0 Å². The minimum absolute atomic E-state index is 0.0362. The molecule has 1 aliphatic heterocycles. The summed E-state index contributed by atoms with van der Waals surface area (Å²) in [5, 5.41) is 23.2. The Labute approximate surface area is 267 Å². The number of rotatable bonds is 13. The average Bonchev–Trinajstić information content (AvgIpc) is 3.60. The van der Waals surface area contributed by atoms with Crippen molar-refractivity contribution in [2.24, 2.45) is 0 Å². The van der Waals surface area contributed by atoms with Gasteiger partial charge in [0, 0.05) is 31.0 Å². The summed E-state index contributed by atoms with van der Waals surface area (Å²) >= 11 is 0.520. The van der Waals surface area contributed by atoms with Gasteiger partial charge in [-0.1, -0.05) is 41.7 Å². The second-order valence-electron chi connectivity index (χ2n) is 10.7. The van der Waals surface area contributed by atoms with Crippen molar-refractivity contribution in [3.63, 3.8) is 0 Å². The molecule has 12 nitrogen and oxygen atoms in total. The highest BCUT2D eigenvalue weighted by molar-refractivity contribution is 7.09. The Hall–Kier alpha value is -5.06. The van der Waals surface area contributed by atoms with E-state index in [1.54, 1.807) is 30.3 Å². The fourth-order valence-electron chi connectivity index (χ4n) is 5.21. The van der Waals surface area contributed by atoms with Gasteiger partial charge in [-0.05, 0) is 30.5 Å². The molecule has 5 N–H and O–H groups in total. The molecule has 1 fully saturated rings. The standard InChI is InChI=1S/C30H28F4N4O8S/c31-18-8-15(29(44)45)9-19(32)17(18)6-7-35-25(40)20(11-24(33)34)36-26(41)21-10-16(14-4-2-1-3-5-14)13-38(21)28(43)22(39)12-23-27(42)37-30(46)47-23/h1-5,8-9,16,20-21,24,42H,6-7,10-13H2,(H,35,40)(H,36,41)(H,37,46)(H,44,45)/t16-,20+,21?/m1/s1. The van der Waals surface area contributed by atoms with Crippen LogP contribution in [0.25, 0.3) is 0 Å². The van der Waals surface area contributed by atoms with Crippen LogP contribution in [0.5, 0.6) is 5.88 Å². The van der Waals surface area contributed by atoms with Crippen LogP contribution in [0.2, 0.25) is 0 Å². The Balaban J connectivity index is 1.48. The number of nitrogens with zero attached hydrogens (tertiary/aromatic N) is 1. The maximum absolute atomic E-state index is 14.3. The van der Waals surface area contributed by atoms with E-state index in [4.69, 9.17) is 5.11 Å². The number of carbonyl (C=O) groups excluding carboxylic acids is 4. The number of carboxylic acids is 1. The van der Waals surface area contributed by atoms with Gasteiger partial charge in [0.05, 0.1) is 16.9 Å². The Morgan fingerprint density at radius 2 is 1.72 bits per heavy atom. The SMILES string of the molecule is O=C(Cc1sc(=O)[nH]c1O)C(=O)N1C[C@H](c2ccccc2)CC1C(=O)N[C@@H](CC(F)F)C(=O)NCCc1c(F)cc(C(=O)O)cc1F. The monoisotopic (exact) mass is 680 g/mol. The lowest BCUT2D eigenvalue weighted by atomic mass is 9.96. The van der Waals surface area contributed by atoms with Gasteiger partial charge < -0.3 is 25.7 Å². The summed E-state index contributed by atoms with van der Waals surface area (Å²) in [5.41, 5.74) is -0.475. The summed E-state index contributed by atoms with van der Waals surface area (Å²) in [4.78, 5) is 77.3. The zero-order valence-electron chi connectivity index (χ0n) is 24.3. The van der Waals surface area contributed by atoms with Gasteiger partial charge in [-0.2, -0.15) is 0 Å². The predicted octanol–water partition coefficient (Wildman–Crippen LogP) is 2.11. The maximum Gasteiger partial charge on any atom is 0.335 e. The summed E-state index contributed by atoms with van der Waals surface area (Å²) in [6.07, 6.45) is -5.39. The first-order valence-electron chi connectivity index (χ1n) is 14.1. The third-order valence-electron chi connectivity index (χ3n) is 7.50. The number of amides is 3. The van der Waals surface area contributed by atoms with Gasteiger partial charge in [-0.15, -0.1) is 0 Å². The summed E-state index contributed by atoms with van der Waals surface area (Å²) in [6.45, 7) is -0.586. The van der Waals surface area contributed by atoms with Gasteiger partial charge in [0.2, 0.25) is 29.9 Å². The number of alkyl halides is 2. The molecule has 1 aromatic heterocycles. The molecule has 3 aromatic rings. The molecular weight excluding hydrogens is 652 g/mol. The molecule has 0 bridgehead atoms. The van der Waals surface area contributed by atoms with Gasteiger partial charge >= 0.3 is 10.8 Å². The second kappa shape index (κ2) is 15.0. The Morgan fingerprint density at radius 1 is 1.06 bits per heavy atom. The first-order valence-corrected chi connectivity index (χ1v) is 14.9. The summed E-state index contributed by atoms with van der Waals surface area (Å²) < 4.78 is 55.5. The lowest BCUT2D eigenvalue weighted by Gasteiger charge is -2.26. The van der Waals surface area contributed by atoms with Crippen molar-refractivity contribution >= 4 is 40.8 Å². The van der Waals surface area contributed by atoms with E-state index in [1.807, 2.05) is 0 Å². The highest BCUT2D eigenvalue weighted by Gasteiger charge is 2.43. The molecule has 0 radical (unpaired) electrons. The molecule has 1 saturated heterocycles. The van der Waals surface area contributed by atoms with E-state index in [-0.39, 0.29) is 17.8 Å². The number of aromatic carboxylic acids is 1. The number of H-pyrrole nitrogens is 1. The van der Waals surface area contributed by atoms with E-state index in [9.17, 15) is 51.4 Å². The minimum atomic E-state index is -3.08. The number of thiazole rings is 1. The van der Waals surface area contributed by atoms with Crippen LogP contribution in [-0.4, -0.2) is 81.2 Å². The van der Waals surface area contributed by atoms with Crippen LogP contribution in [-0.2, 0) is 32.0 Å². The summed E-state index contributed by atoms with van der Waals surface area (Å²) in [7, 11) is 0. The number of likely N-dealkylation sites (tertiary alicyclic amines) is 1. The van der Waals surface area contributed by atoms with Gasteiger partial charge in [-0.3, -0.25) is 29.0 Å². The van der Waals surface area contributed by atoms with Crippen LogP contribution in [0.15, 0.2) is 47.3 Å². The molecule has 2 aromatic carbocycles. The third kappa shape index (κ3) is 8.60. The van der Waals surface area contributed by atoms with E-state index < -0.39 is 113 Å². The topological polar surface area (TPSA) is 186 Å². The summed E-state index contributed by atoms with van der Waals surface area (Å²) in [6, 6.07) is 6.61. The number of hydrogen-bond donors (Lipinski definition) is 5. The molecule has 0 saturated carbocycles. The molecule has 0 aliphatic carbocycles. The first-order chi connectivity index (χ1) is 22.2. The van der Waals surface area contributed by atoms with Crippen molar-refractivity contribution < 1.29 is 51.7 Å². The highest BCUT2D eigenvalue weighted by Crippen LogP contribution is 2.32. The third-order valence-corrected chi connectivity index (χ3v) is 8.38. The van der Waals surface area contributed by atoms with Crippen molar-refractivity contribution in [1.29, 1.82) is 0 Å². The van der Waals surface area contributed by atoms with E-state index in [0.717, 1.165) is 4.90 Å². The van der Waals surface area contributed by atoms with Crippen molar-refractivity contribution in [2.75, 3.05) is 13.1 Å². The number of hydrogen-bond acceptors (Lipinski definition) is 8. The van der Waals surface area contributed by atoms with Crippen molar-refractivity contribution in [3.8, 4) is 5.88 Å². The van der Waals surface area contributed by atoms with Crippen LogP contribution >= 0.6 is 11.3 Å². The number of carbonyl (C=O) groups is 5. The fourth-order valence-corrected chi connectivity index (χ4v) is 5.93. The number of carboxylic acid groups (broad SMARTS) is 1. The molecule has 3 atom stereocenters. The minimum Gasteiger partial charge on any atom is -0.494 e. The predicted molar refractivity (Wildman–Crippen MR) is 157 cm³/mol. The maximum atomic E-state index is 14.3. The number of aromatic hydroxyl groups is 1. The Bertz CT molecular complexity index is 1710. The van der Waals surface area contributed by atoms with E-state index in [0.29, 0.717) is 29.0 Å². The lowest BCUT2D eigenvalue weighted by molar-refractivity contribution is -0.147. The van der Waals surface area contributed by atoms with E-state index >= 15 is 0 Å². The molecule has 1 aliphatic rings. The zero-order valence-corrected chi connectivity index (χ0v) is 25.1. The number of Topliss-reactive ketones (excluding diaryl/α,β-unsaturated/α-hetero) is 1. The van der Waals surface area contributed by atoms with Crippen molar-refractivity contribution in [2.45, 2.75) is 50.1 Å². The fraction of sp³-hybridized carbons (Fsp3) is 0.333. The van der Waals surface area contributed by atoms with Gasteiger partial charge in [0.25, 0.3) is 5.91 Å². The molecular formula is C30H28F4N4O8S. The Kier molecular flexibility index (Phi) is 11.1. The second-order valence-corrected chi connectivity index (χ2v) is 11.7. The molecule has 0 spiro atoms. The largest absolute Gasteiger partial charge is 0.494 e. The van der Waals surface area contributed by atoms with Gasteiger partial charge in [-0.25, -0.2) is 22.4 Å². The number of halogens is 4. The number of ketones is 1. The van der Waals surface area contributed by atoms with Gasteiger partial charge in [0.1, 0.15) is 23.7 Å². The van der Waals surface area contributed by atoms with Crippen LogP contribution in [0.1, 0.15) is 45.1 Å². The molecule has 47 heavy (non-hydrogen) atoms. The number of aromatic nitrogens is 1. The summed E-state index contributed by atoms with van der Waals surface area (Å²) in [5.74, 6) is -9.30. The number of aromatic amines is 1. The number of benzene rings is 2. The van der Waals surface area contributed by atoms with Crippen molar-refractivity contribution in [3.05, 3.63) is 85.3 Å². The molecule has 2 heterocycles. The first kappa shape index (κ1) is 34.8. The molecule has 17 heteroatoms. The molecule has 3 amide bonds. The van der Waals surface area contributed by atoms with Gasteiger partial charge in [0.15, 0.2) is 0 Å². The van der Waals surface area contributed by atoms with Crippen LogP contribution < -0.4 is 15.5 Å². The van der Waals surface area contributed by atoms with Crippen LogP contribution in [0.3, 0.4) is 0 Å². The van der Waals surface area contributed by atoms with Crippen LogP contribution in [0, 0.1) is 11.6 Å². The van der Waals surface area contributed by atoms with E-state index in [2.05, 4.69) is 15.6 Å². The normalized spacial score (nSPS) is 16.6. The zero-order chi connectivity index (χ0) is 34.4. The highest BCUT2D eigenvalue weighted by atomic mass is 32.1. The molecule has 250 valence electrons.